The zero-order valence-corrected chi connectivity index (χ0v) is 17.2. The number of hydrogen-bond donors (Lipinski definition) is 2. The maximum Gasteiger partial charge on any atom is 0.191 e. The highest BCUT2D eigenvalue weighted by molar-refractivity contribution is 6.31. The largest absolute Gasteiger partial charge is 0.363 e. The molecule has 1 heterocycles. The maximum absolute atomic E-state index is 13.3. The first-order valence-corrected chi connectivity index (χ1v) is 9.14. The van der Waals surface area contributed by atoms with E-state index >= 15 is 0 Å². The van der Waals surface area contributed by atoms with E-state index in [4.69, 9.17) is 11.6 Å². The van der Waals surface area contributed by atoms with Gasteiger partial charge in [-0.25, -0.2) is 9.37 Å². The molecule has 0 radical (unpaired) electrons. The van der Waals surface area contributed by atoms with Crippen molar-refractivity contribution in [3.63, 3.8) is 0 Å². The van der Waals surface area contributed by atoms with E-state index in [1.807, 2.05) is 37.2 Å². The molecule has 0 atom stereocenters. The van der Waals surface area contributed by atoms with Crippen LogP contribution in [0.15, 0.2) is 41.4 Å². The van der Waals surface area contributed by atoms with Crippen molar-refractivity contribution < 1.29 is 4.39 Å². The van der Waals surface area contributed by atoms with Gasteiger partial charge in [-0.2, -0.15) is 0 Å². The average molecular weight is 392 g/mol. The molecular weight excluding hydrogens is 365 g/mol. The summed E-state index contributed by atoms with van der Waals surface area (Å²) < 4.78 is 13.3. The molecular formula is C20H27ClFN5. The molecule has 0 amide bonds. The van der Waals surface area contributed by atoms with Gasteiger partial charge < -0.3 is 15.5 Å². The Morgan fingerprint density at radius 1 is 1.22 bits per heavy atom. The number of rotatable bonds is 6. The number of nitrogens with zero attached hydrogens (tertiary/aromatic N) is 3. The van der Waals surface area contributed by atoms with Crippen molar-refractivity contribution >= 4 is 23.4 Å². The molecule has 1 aromatic heterocycles. The van der Waals surface area contributed by atoms with E-state index in [0.717, 1.165) is 17.1 Å². The Kier molecular flexibility index (Phi) is 7.02. The first-order valence-electron chi connectivity index (χ1n) is 8.76. The van der Waals surface area contributed by atoms with Crippen LogP contribution in [0.3, 0.4) is 0 Å². The van der Waals surface area contributed by atoms with Gasteiger partial charge >= 0.3 is 0 Å². The fourth-order valence-corrected chi connectivity index (χ4v) is 3.07. The SMILES string of the molecule is CN=C(NCc1cccc(N(C)C)n1)NCC(C)(C)c1ccc(F)cc1Cl. The molecule has 5 nitrogen and oxygen atoms in total. The second-order valence-electron chi connectivity index (χ2n) is 7.17. The summed E-state index contributed by atoms with van der Waals surface area (Å²) in [5, 5.41) is 7.00. The summed E-state index contributed by atoms with van der Waals surface area (Å²) >= 11 is 6.22. The molecule has 2 aromatic rings. The quantitative estimate of drug-likeness (QED) is 0.583. The Morgan fingerprint density at radius 2 is 1.96 bits per heavy atom. The average Bonchev–Trinajstić information content (AvgIpc) is 2.61. The lowest BCUT2D eigenvalue weighted by Crippen LogP contribution is -2.43. The Balaban J connectivity index is 1.98. The van der Waals surface area contributed by atoms with E-state index in [1.54, 1.807) is 13.1 Å². The van der Waals surface area contributed by atoms with E-state index in [9.17, 15) is 4.39 Å². The number of halogens is 2. The van der Waals surface area contributed by atoms with Crippen molar-refractivity contribution in [2.45, 2.75) is 25.8 Å². The Hall–Kier alpha value is -2.34. The summed E-state index contributed by atoms with van der Waals surface area (Å²) in [6, 6.07) is 10.4. The zero-order chi connectivity index (χ0) is 20.0. The molecule has 2 N–H and O–H groups in total. The van der Waals surface area contributed by atoms with Gasteiger partial charge in [0.1, 0.15) is 11.6 Å². The number of nitrogens with one attached hydrogen (secondary N) is 2. The highest BCUT2D eigenvalue weighted by Crippen LogP contribution is 2.29. The summed E-state index contributed by atoms with van der Waals surface area (Å²) in [6.45, 7) is 5.24. The highest BCUT2D eigenvalue weighted by atomic mass is 35.5. The van der Waals surface area contributed by atoms with Crippen molar-refractivity contribution in [1.82, 2.24) is 15.6 Å². The Labute approximate surface area is 165 Å². The molecule has 0 aliphatic heterocycles. The number of anilines is 1. The van der Waals surface area contributed by atoms with E-state index in [2.05, 4.69) is 34.5 Å². The number of hydrogen-bond acceptors (Lipinski definition) is 3. The summed E-state index contributed by atoms with van der Waals surface area (Å²) in [4.78, 5) is 10.8. The van der Waals surface area contributed by atoms with Gasteiger partial charge in [-0.3, -0.25) is 4.99 Å². The molecule has 0 unspecified atom stereocenters. The molecule has 0 aliphatic carbocycles. The van der Waals surface area contributed by atoms with Gasteiger partial charge in [0.15, 0.2) is 5.96 Å². The van der Waals surface area contributed by atoms with E-state index in [-0.39, 0.29) is 11.2 Å². The number of aromatic nitrogens is 1. The number of aliphatic imine (C=N–C) groups is 1. The van der Waals surface area contributed by atoms with Crippen LogP contribution in [0.1, 0.15) is 25.1 Å². The minimum atomic E-state index is -0.336. The molecule has 0 spiro atoms. The zero-order valence-electron chi connectivity index (χ0n) is 16.5. The van der Waals surface area contributed by atoms with Crippen LogP contribution in [-0.2, 0) is 12.0 Å². The normalized spacial score (nSPS) is 12.0. The van der Waals surface area contributed by atoms with Gasteiger partial charge in [0.05, 0.1) is 12.2 Å². The third-order valence-electron chi connectivity index (χ3n) is 4.27. The number of pyridine rings is 1. The molecule has 0 saturated carbocycles. The van der Waals surface area contributed by atoms with Gasteiger partial charge in [-0.15, -0.1) is 0 Å². The third-order valence-corrected chi connectivity index (χ3v) is 4.58. The fourth-order valence-electron chi connectivity index (χ4n) is 2.65. The molecule has 2 rings (SSSR count). The molecule has 146 valence electrons. The van der Waals surface area contributed by atoms with Crippen LogP contribution in [0, 0.1) is 5.82 Å². The van der Waals surface area contributed by atoms with Gasteiger partial charge in [0.2, 0.25) is 0 Å². The van der Waals surface area contributed by atoms with Crippen LogP contribution in [0.4, 0.5) is 10.2 Å². The van der Waals surface area contributed by atoms with E-state index in [1.165, 1.54) is 12.1 Å². The van der Waals surface area contributed by atoms with Crippen molar-refractivity contribution in [1.29, 1.82) is 0 Å². The first-order chi connectivity index (χ1) is 12.7. The van der Waals surface area contributed by atoms with Crippen LogP contribution in [0.2, 0.25) is 5.02 Å². The molecule has 1 aromatic carbocycles. The molecule has 27 heavy (non-hydrogen) atoms. The Morgan fingerprint density at radius 3 is 2.59 bits per heavy atom. The monoisotopic (exact) mass is 391 g/mol. The third kappa shape index (κ3) is 5.82. The van der Waals surface area contributed by atoms with Gasteiger partial charge in [0.25, 0.3) is 0 Å². The van der Waals surface area contributed by atoms with Gasteiger partial charge in [0, 0.05) is 38.1 Å². The molecule has 7 heteroatoms. The lowest BCUT2D eigenvalue weighted by Gasteiger charge is -2.27. The van der Waals surface area contributed by atoms with Crippen LogP contribution < -0.4 is 15.5 Å². The van der Waals surface area contributed by atoms with Gasteiger partial charge in [-0.05, 0) is 29.8 Å². The van der Waals surface area contributed by atoms with E-state index < -0.39 is 0 Å². The van der Waals surface area contributed by atoms with Crippen LogP contribution >= 0.6 is 11.6 Å². The number of guanidine groups is 1. The highest BCUT2D eigenvalue weighted by Gasteiger charge is 2.24. The topological polar surface area (TPSA) is 52.6 Å². The van der Waals surface area contributed by atoms with Gasteiger partial charge in [-0.1, -0.05) is 37.6 Å². The Bertz CT molecular complexity index is 805. The predicted molar refractivity (Wildman–Crippen MR) is 111 cm³/mol. The lowest BCUT2D eigenvalue weighted by molar-refractivity contribution is 0.507. The molecule has 0 bridgehead atoms. The minimum Gasteiger partial charge on any atom is -0.363 e. The first kappa shape index (κ1) is 21.0. The number of benzene rings is 1. The lowest BCUT2D eigenvalue weighted by atomic mass is 9.84. The smallest absolute Gasteiger partial charge is 0.191 e. The summed E-state index contributed by atoms with van der Waals surface area (Å²) in [7, 11) is 5.64. The van der Waals surface area contributed by atoms with Crippen molar-refractivity contribution in [3.8, 4) is 0 Å². The fraction of sp³-hybridized carbons (Fsp3) is 0.400. The molecule has 0 saturated heterocycles. The summed E-state index contributed by atoms with van der Waals surface area (Å²) in [5.41, 5.74) is 1.50. The van der Waals surface area contributed by atoms with Crippen LogP contribution in [0.25, 0.3) is 0 Å². The van der Waals surface area contributed by atoms with Crippen molar-refractivity contribution in [3.05, 3.63) is 58.5 Å². The molecule has 0 aliphatic rings. The predicted octanol–water partition coefficient (Wildman–Crippen LogP) is 3.58. The summed E-state index contributed by atoms with van der Waals surface area (Å²) in [5.74, 6) is 1.24. The maximum atomic E-state index is 13.3. The second kappa shape index (κ2) is 9.04. The molecule has 0 fully saturated rings. The summed E-state index contributed by atoms with van der Waals surface area (Å²) in [6.07, 6.45) is 0. The van der Waals surface area contributed by atoms with E-state index in [0.29, 0.717) is 24.1 Å². The minimum absolute atomic E-state index is 0.300. The van der Waals surface area contributed by atoms with Crippen LogP contribution in [0.5, 0.6) is 0 Å². The van der Waals surface area contributed by atoms with Crippen molar-refractivity contribution in [2.24, 2.45) is 4.99 Å². The standard InChI is InChI=1S/C20H27ClFN5/c1-20(2,16-10-9-14(22)11-17(16)21)13-25-19(23-3)24-12-15-7-6-8-18(26-15)27(4)5/h6-11H,12-13H2,1-5H3,(H2,23,24,25). The van der Waals surface area contributed by atoms with Crippen molar-refractivity contribution in [2.75, 3.05) is 32.6 Å². The second-order valence-corrected chi connectivity index (χ2v) is 7.58. The van der Waals surface area contributed by atoms with Crippen LogP contribution in [-0.4, -0.2) is 38.6 Å².